The summed E-state index contributed by atoms with van der Waals surface area (Å²) < 4.78 is 6.75. The van der Waals surface area contributed by atoms with Crippen molar-refractivity contribution in [2.75, 3.05) is 18.5 Å². The van der Waals surface area contributed by atoms with Crippen LogP contribution in [-0.2, 0) is 19.1 Å². The first-order chi connectivity index (χ1) is 17.9. The molecule has 3 aliphatic rings. The molecule has 8 heteroatoms. The van der Waals surface area contributed by atoms with Crippen molar-refractivity contribution in [1.82, 2.24) is 10.2 Å². The Balaban J connectivity index is 1.55. The molecule has 198 valence electrons. The number of likely N-dealkylation sites (tertiary alicyclic amines) is 1. The molecule has 2 unspecified atom stereocenters. The van der Waals surface area contributed by atoms with Gasteiger partial charge in [-0.3, -0.25) is 14.4 Å². The highest BCUT2D eigenvalue weighted by atomic mass is 16.5. The first-order valence-electron chi connectivity index (χ1n) is 13.6. The van der Waals surface area contributed by atoms with Crippen LogP contribution in [0.1, 0.15) is 52.9 Å². The smallest absolute Gasteiger partial charge is 0.250 e. The standard InChI is InChI=1S/C29H37N3O5/c1-4-15-30-25(34)22-23-27(36)32(21(5-2)17-33)24(29(23)14-13-28(22,6-3)37-29)26(35)31-20-12-11-18-9-7-8-10-19(18)16-20/h7-12,16,21-24,33H,4-6,13-15,17H2,1-3H3,(H,30,34)(H,31,35)/t21-,22-,23-,24?,28+,29?/m0/s1. The zero-order valence-corrected chi connectivity index (χ0v) is 21.8. The number of nitrogens with zero attached hydrogens (tertiary/aromatic N) is 1. The Hall–Kier alpha value is -2.97. The van der Waals surface area contributed by atoms with Crippen molar-refractivity contribution in [3.8, 4) is 0 Å². The molecule has 3 heterocycles. The lowest BCUT2D eigenvalue weighted by Gasteiger charge is -2.37. The van der Waals surface area contributed by atoms with Gasteiger partial charge in [-0.1, -0.05) is 51.1 Å². The zero-order valence-electron chi connectivity index (χ0n) is 21.8. The molecule has 37 heavy (non-hydrogen) atoms. The Morgan fingerprint density at radius 3 is 2.54 bits per heavy atom. The molecule has 3 aliphatic heterocycles. The first-order valence-corrected chi connectivity index (χ1v) is 13.6. The summed E-state index contributed by atoms with van der Waals surface area (Å²) >= 11 is 0. The predicted octanol–water partition coefficient (Wildman–Crippen LogP) is 3.23. The number of nitrogens with one attached hydrogen (secondary N) is 2. The topological polar surface area (TPSA) is 108 Å². The zero-order chi connectivity index (χ0) is 26.4. The summed E-state index contributed by atoms with van der Waals surface area (Å²) in [6, 6.07) is 12.1. The number of amides is 3. The average Bonchev–Trinajstić information content (AvgIpc) is 3.52. The Labute approximate surface area is 217 Å². The normalized spacial score (nSPS) is 31.0. The Bertz CT molecular complexity index is 1210. The molecule has 3 amide bonds. The molecule has 8 nitrogen and oxygen atoms in total. The molecular weight excluding hydrogens is 470 g/mol. The van der Waals surface area contributed by atoms with Crippen molar-refractivity contribution in [2.45, 2.75) is 76.2 Å². The molecule has 2 aromatic rings. The van der Waals surface area contributed by atoms with E-state index in [1.165, 1.54) is 4.90 Å². The number of rotatable bonds is 9. The number of fused-ring (bicyclic) bond motifs is 2. The molecule has 3 N–H and O–H groups in total. The highest BCUT2D eigenvalue weighted by Crippen LogP contribution is 2.64. The van der Waals surface area contributed by atoms with Crippen LogP contribution in [0, 0.1) is 11.8 Å². The van der Waals surface area contributed by atoms with Crippen molar-refractivity contribution >= 4 is 34.2 Å². The van der Waals surface area contributed by atoms with Gasteiger partial charge < -0.3 is 25.4 Å². The third-order valence-corrected chi connectivity index (χ3v) is 8.79. The Morgan fingerprint density at radius 2 is 1.86 bits per heavy atom. The van der Waals surface area contributed by atoms with Gasteiger partial charge in [0.25, 0.3) is 0 Å². The first kappa shape index (κ1) is 25.7. The molecule has 2 aromatic carbocycles. The number of carbonyl (C=O) groups excluding carboxylic acids is 3. The van der Waals surface area contributed by atoms with E-state index in [2.05, 4.69) is 10.6 Å². The van der Waals surface area contributed by atoms with Gasteiger partial charge in [0.2, 0.25) is 17.7 Å². The summed E-state index contributed by atoms with van der Waals surface area (Å²) in [5.41, 5.74) is -1.25. The number of aliphatic hydroxyl groups excluding tert-OH is 1. The summed E-state index contributed by atoms with van der Waals surface area (Å²) in [6.45, 7) is 6.10. The second-order valence-corrected chi connectivity index (χ2v) is 10.7. The Kier molecular flexibility index (Phi) is 6.75. The van der Waals surface area contributed by atoms with Gasteiger partial charge in [-0.15, -0.1) is 0 Å². The molecule has 3 saturated heterocycles. The van der Waals surface area contributed by atoms with Gasteiger partial charge in [0.15, 0.2) is 0 Å². The average molecular weight is 508 g/mol. The molecule has 0 saturated carbocycles. The van der Waals surface area contributed by atoms with Crippen LogP contribution in [0.25, 0.3) is 10.8 Å². The molecule has 0 aromatic heterocycles. The SMILES string of the molecule is CCCNC(=O)[C@@H]1[C@H]2C(=O)N([C@@H](CC)CO)C(C(=O)Nc3ccc4ccccc4c3)C23CC[C@@]1(CC)O3. The van der Waals surface area contributed by atoms with E-state index in [1.54, 1.807) is 0 Å². The summed E-state index contributed by atoms with van der Waals surface area (Å²) in [5, 5.41) is 18.3. The number of benzene rings is 2. The molecule has 3 fully saturated rings. The van der Waals surface area contributed by atoms with Crippen LogP contribution in [0.4, 0.5) is 5.69 Å². The van der Waals surface area contributed by atoms with Crippen LogP contribution in [0.5, 0.6) is 0 Å². The maximum absolute atomic E-state index is 14.1. The number of hydrogen-bond donors (Lipinski definition) is 3. The lowest BCUT2D eigenvalue weighted by Crippen LogP contribution is -2.56. The van der Waals surface area contributed by atoms with Gasteiger partial charge in [0.1, 0.15) is 11.6 Å². The summed E-state index contributed by atoms with van der Waals surface area (Å²) in [7, 11) is 0. The van der Waals surface area contributed by atoms with E-state index in [0.717, 1.165) is 17.2 Å². The molecule has 5 rings (SSSR count). The van der Waals surface area contributed by atoms with Gasteiger partial charge in [-0.2, -0.15) is 0 Å². The molecule has 2 bridgehead atoms. The fourth-order valence-electron chi connectivity index (χ4n) is 7.00. The lowest BCUT2D eigenvalue weighted by atomic mass is 9.65. The lowest BCUT2D eigenvalue weighted by molar-refractivity contribution is -0.149. The van der Waals surface area contributed by atoms with Crippen molar-refractivity contribution in [3.05, 3.63) is 42.5 Å². The van der Waals surface area contributed by atoms with Gasteiger partial charge in [0.05, 0.1) is 30.1 Å². The molecule has 0 aliphatic carbocycles. The minimum Gasteiger partial charge on any atom is -0.394 e. The summed E-state index contributed by atoms with van der Waals surface area (Å²) in [6.07, 6.45) is 2.98. The maximum atomic E-state index is 14.1. The third-order valence-electron chi connectivity index (χ3n) is 8.79. The van der Waals surface area contributed by atoms with Crippen molar-refractivity contribution in [3.63, 3.8) is 0 Å². The summed E-state index contributed by atoms with van der Waals surface area (Å²) in [4.78, 5) is 43.1. The highest BCUT2D eigenvalue weighted by molar-refractivity contribution is 6.04. The largest absolute Gasteiger partial charge is 0.394 e. The van der Waals surface area contributed by atoms with Crippen LogP contribution in [0.3, 0.4) is 0 Å². The van der Waals surface area contributed by atoms with Gasteiger partial charge in [-0.05, 0) is 55.0 Å². The van der Waals surface area contributed by atoms with E-state index in [0.29, 0.717) is 37.9 Å². The second-order valence-electron chi connectivity index (χ2n) is 10.7. The molecule has 1 spiro atoms. The fourth-order valence-corrected chi connectivity index (χ4v) is 7.00. The van der Waals surface area contributed by atoms with Gasteiger partial charge in [-0.25, -0.2) is 0 Å². The number of hydrogen-bond acceptors (Lipinski definition) is 5. The van der Waals surface area contributed by atoms with Crippen LogP contribution < -0.4 is 10.6 Å². The summed E-state index contributed by atoms with van der Waals surface area (Å²) in [5.74, 6) is -2.23. The van der Waals surface area contributed by atoms with E-state index in [1.807, 2.05) is 63.2 Å². The monoisotopic (exact) mass is 507 g/mol. The van der Waals surface area contributed by atoms with Crippen LogP contribution in [0.2, 0.25) is 0 Å². The second kappa shape index (κ2) is 9.72. The minimum atomic E-state index is -1.11. The molecule has 0 radical (unpaired) electrons. The number of anilines is 1. The number of ether oxygens (including phenoxy) is 1. The predicted molar refractivity (Wildman–Crippen MR) is 141 cm³/mol. The highest BCUT2D eigenvalue weighted by Gasteiger charge is 2.79. The van der Waals surface area contributed by atoms with Crippen LogP contribution in [-0.4, -0.2) is 64.2 Å². The van der Waals surface area contributed by atoms with Crippen LogP contribution >= 0.6 is 0 Å². The number of aliphatic hydroxyl groups is 1. The van der Waals surface area contributed by atoms with E-state index < -0.39 is 35.1 Å². The van der Waals surface area contributed by atoms with E-state index in [4.69, 9.17) is 4.74 Å². The van der Waals surface area contributed by atoms with E-state index in [9.17, 15) is 19.5 Å². The van der Waals surface area contributed by atoms with Gasteiger partial charge >= 0.3 is 0 Å². The minimum absolute atomic E-state index is 0.184. The molecule has 6 atom stereocenters. The molecular formula is C29H37N3O5. The van der Waals surface area contributed by atoms with Crippen molar-refractivity contribution in [1.29, 1.82) is 0 Å². The maximum Gasteiger partial charge on any atom is 0.250 e. The van der Waals surface area contributed by atoms with E-state index in [-0.39, 0.29) is 24.3 Å². The number of carbonyl (C=O) groups is 3. The quantitative estimate of drug-likeness (QED) is 0.483. The van der Waals surface area contributed by atoms with Crippen molar-refractivity contribution in [2.24, 2.45) is 11.8 Å². The fraction of sp³-hybridized carbons (Fsp3) is 0.552. The van der Waals surface area contributed by atoms with E-state index >= 15 is 0 Å². The van der Waals surface area contributed by atoms with Gasteiger partial charge in [0, 0.05) is 12.2 Å². The third kappa shape index (κ3) is 3.84. The Morgan fingerprint density at radius 1 is 1.11 bits per heavy atom. The van der Waals surface area contributed by atoms with Crippen molar-refractivity contribution < 1.29 is 24.2 Å². The van der Waals surface area contributed by atoms with Crippen LogP contribution in [0.15, 0.2) is 42.5 Å².